The van der Waals surface area contributed by atoms with Gasteiger partial charge in [0.15, 0.2) is 0 Å². The van der Waals surface area contributed by atoms with Crippen molar-refractivity contribution in [3.05, 3.63) is 0 Å². The van der Waals surface area contributed by atoms with E-state index in [4.69, 9.17) is 0 Å². The predicted octanol–water partition coefficient (Wildman–Crippen LogP) is 3.10. The highest BCUT2D eigenvalue weighted by molar-refractivity contribution is 9.09. The van der Waals surface area contributed by atoms with Crippen molar-refractivity contribution < 1.29 is 15.3 Å². The van der Waals surface area contributed by atoms with Gasteiger partial charge in [0.2, 0.25) is 0 Å². The second-order valence-corrected chi connectivity index (χ2v) is 10.6. The number of fused-ring (bicyclic) bond motifs is 5. The van der Waals surface area contributed by atoms with Crippen LogP contribution in [0, 0.1) is 34.5 Å². The molecule has 0 radical (unpaired) electrons. The van der Waals surface area contributed by atoms with Crippen LogP contribution in [0.5, 0.6) is 0 Å². The van der Waals surface area contributed by atoms with Crippen molar-refractivity contribution in [2.75, 3.05) is 0 Å². The highest BCUT2D eigenvalue weighted by Gasteiger charge is 2.63. The third-order valence-electron chi connectivity index (χ3n) is 8.59. The van der Waals surface area contributed by atoms with Crippen molar-refractivity contribution in [3.8, 4) is 0 Å². The number of aliphatic hydroxyl groups is 3. The van der Waals surface area contributed by atoms with E-state index in [0.29, 0.717) is 23.7 Å². The minimum absolute atomic E-state index is 0.0479. The van der Waals surface area contributed by atoms with Crippen LogP contribution in [0.2, 0.25) is 0 Å². The summed E-state index contributed by atoms with van der Waals surface area (Å²) >= 11 is 3.69. The summed E-state index contributed by atoms with van der Waals surface area (Å²) in [6.45, 7) is 4.67. The van der Waals surface area contributed by atoms with Gasteiger partial charge < -0.3 is 15.3 Å². The molecule has 0 aromatic heterocycles. The van der Waals surface area contributed by atoms with Gasteiger partial charge in [-0.2, -0.15) is 0 Å². The molecule has 10 atom stereocenters. The van der Waals surface area contributed by atoms with Gasteiger partial charge in [-0.15, -0.1) is 0 Å². The first-order valence-electron chi connectivity index (χ1n) is 9.45. The van der Waals surface area contributed by atoms with Gasteiger partial charge in [0.25, 0.3) is 0 Å². The summed E-state index contributed by atoms with van der Waals surface area (Å²) in [5.74, 6) is 1.74. The van der Waals surface area contributed by atoms with E-state index < -0.39 is 0 Å². The molecule has 0 saturated heterocycles. The number of hydrogen-bond donors (Lipinski definition) is 3. The molecule has 0 unspecified atom stereocenters. The molecule has 0 aromatic carbocycles. The minimum atomic E-state index is -0.292. The van der Waals surface area contributed by atoms with Gasteiger partial charge in [0, 0.05) is 4.83 Å². The monoisotopic (exact) mass is 386 g/mol. The number of aliphatic hydroxyl groups excluding tert-OH is 3. The van der Waals surface area contributed by atoms with E-state index in [1.807, 2.05) is 0 Å². The maximum atomic E-state index is 11.0. The molecule has 4 saturated carbocycles. The highest BCUT2D eigenvalue weighted by Crippen LogP contribution is 2.66. The first-order chi connectivity index (χ1) is 10.8. The van der Waals surface area contributed by atoms with Crippen molar-refractivity contribution >= 4 is 15.9 Å². The smallest absolute Gasteiger partial charge is 0.0721 e. The SMILES string of the molecule is C[C@]12CC[C@H](O)C[C@@H]1C[C@@H](O)[C@@H]1[C@@H]2CC[C@]2(C)[C@H](O)[C@H](Br)C[C@@H]12. The zero-order chi connectivity index (χ0) is 16.6. The third kappa shape index (κ3) is 2.24. The van der Waals surface area contributed by atoms with E-state index >= 15 is 0 Å². The molecule has 4 aliphatic rings. The van der Waals surface area contributed by atoms with Crippen LogP contribution in [0.15, 0.2) is 0 Å². The van der Waals surface area contributed by atoms with E-state index in [2.05, 4.69) is 29.8 Å². The van der Waals surface area contributed by atoms with Crippen molar-refractivity contribution in [2.45, 2.75) is 81.9 Å². The van der Waals surface area contributed by atoms with Gasteiger partial charge in [-0.05, 0) is 79.4 Å². The van der Waals surface area contributed by atoms with Crippen LogP contribution in [-0.2, 0) is 0 Å². The van der Waals surface area contributed by atoms with Gasteiger partial charge in [-0.3, -0.25) is 0 Å². The summed E-state index contributed by atoms with van der Waals surface area (Å²) < 4.78 is 0. The van der Waals surface area contributed by atoms with E-state index in [9.17, 15) is 15.3 Å². The van der Waals surface area contributed by atoms with Crippen molar-refractivity contribution in [1.82, 2.24) is 0 Å². The van der Waals surface area contributed by atoms with Crippen LogP contribution >= 0.6 is 15.9 Å². The molecule has 0 heterocycles. The molecule has 0 aromatic rings. The second-order valence-electron chi connectivity index (χ2n) is 9.47. The topological polar surface area (TPSA) is 60.7 Å². The van der Waals surface area contributed by atoms with Crippen molar-refractivity contribution in [1.29, 1.82) is 0 Å². The zero-order valence-electron chi connectivity index (χ0n) is 14.3. The van der Waals surface area contributed by atoms with Gasteiger partial charge >= 0.3 is 0 Å². The summed E-state index contributed by atoms with van der Waals surface area (Å²) in [6, 6.07) is 0. The third-order valence-corrected chi connectivity index (χ3v) is 9.47. The summed E-state index contributed by atoms with van der Waals surface area (Å²) in [5, 5.41) is 31.8. The Morgan fingerprint density at radius 2 is 1.57 bits per heavy atom. The van der Waals surface area contributed by atoms with E-state index in [-0.39, 0.29) is 34.0 Å². The molecule has 4 fully saturated rings. The fraction of sp³-hybridized carbons (Fsp3) is 1.00. The molecule has 23 heavy (non-hydrogen) atoms. The molecule has 4 rings (SSSR count). The average molecular weight is 387 g/mol. The fourth-order valence-corrected chi connectivity index (χ4v) is 8.15. The Hall–Kier alpha value is 0.360. The van der Waals surface area contributed by atoms with Crippen LogP contribution in [0.4, 0.5) is 0 Å². The lowest BCUT2D eigenvalue weighted by Crippen LogP contribution is -2.58. The van der Waals surface area contributed by atoms with Crippen molar-refractivity contribution in [3.63, 3.8) is 0 Å². The number of alkyl halides is 1. The van der Waals surface area contributed by atoms with Crippen LogP contribution in [0.25, 0.3) is 0 Å². The summed E-state index contributed by atoms with van der Waals surface area (Å²) in [6.07, 6.45) is 6.15. The molecule has 0 spiro atoms. The Kier molecular flexibility index (Phi) is 3.97. The lowest BCUT2D eigenvalue weighted by molar-refractivity contribution is -0.176. The summed E-state index contributed by atoms with van der Waals surface area (Å²) in [7, 11) is 0. The van der Waals surface area contributed by atoms with Gasteiger partial charge in [0.1, 0.15) is 0 Å². The Morgan fingerprint density at radius 3 is 2.30 bits per heavy atom. The van der Waals surface area contributed by atoms with Crippen LogP contribution in [0.1, 0.15) is 58.8 Å². The Morgan fingerprint density at radius 1 is 0.870 bits per heavy atom. The normalized spacial score (nSPS) is 62.3. The standard InChI is InChI=1S/C19H31BrO3/c1-18-5-3-11(21)7-10(18)8-15(22)16-12(18)4-6-19(2)13(16)9-14(20)17(19)23/h10-17,21-23H,3-9H2,1-2H3/t10-,11+,12+,13+,14-,15-,16-,17-,18+,19+/m1/s1. The van der Waals surface area contributed by atoms with Gasteiger partial charge in [0.05, 0.1) is 18.3 Å². The highest BCUT2D eigenvalue weighted by atomic mass is 79.9. The van der Waals surface area contributed by atoms with Gasteiger partial charge in [-0.1, -0.05) is 29.8 Å². The zero-order valence-corrected chi connectivity index (χ0v) is 15.9. The van der Waals surface area contributed by atoms with Crippen LogP contribution < -0.4 is 0 Å². The Labute approximate surface area is 148 Å². The van der Waals surface area contributed by atoms with E-state index in [1.165, 1.54) is 0 Å². The average Bonchev–Trinajstić information content (AvgIpc) is 2.73. The second kappa shape index (κ2) is 5.43. The molecule has 4 aliphatic carbocycles. The molecular weight excluding hydrogens is 356 g/mol. The summed E-state index contributed by atoms with van der Waals surface area (Å²) in [4.78, 5) is 0.169. The number of halogens is 1. The maximum absolute atomic E-state index is 11.0. The Balaban J connectivity index is 1.68. The van der Waals surface area contributed by atoms with Crippen LogP contribution in [-0.4, -0.2) is 38.5 Å². The molecule has 0 amide bonds. The maximum Gasteiger partial charge on any atom is 0.0721 e. The molecular formula is C19H31BrO3. The van der Waals surface area contributed by atoms with Crippen LogP contribution in [0.3, 0.4) is 0 Å². The molecule has 3 nitrogen and oxygen atoms in total. The van der Waals surface area contributed by atoms with Gasteiger partial charge in [-0.25, -0.2) is 0 Å². The lowest BCUT2D eigenvalue weighted by Gasteiger charge is -2.61. The molecule has 0 aliphatic heterocycles. The molecule has 3 N–H and O–H groups in total. The molecule has 4 heteroatoms. The minimum Gasteiger partial charge on any atom is -0.393 e. The predicted molar refractivity (Wildman–Crippen MR) is 93.2 cm³/mol. The molecule has 0 bridgehead atoms. The summed E-state index contributed by atoms with van der Waals surface area (Å²) in [5.41, 5.74) is 0.216. The first-order valence-corrected chi connectivity index (χ1v) is 10.4. The fourth-order valence-electron chi connectivity index (χ4n) is 7.15. The Bertz CT molecular complexity index is 485. The molecule has 132 valence electrons. The largest absolute Gasteiger partial charge is 0.393 e. The lowest BCUT2D eigenvalue weighted by atomic mass is 9.44. The van der Waals surface area contributed by atoms with E-state index in [0.717, 1.165) is 44.9 Å². The first kappa shape index (κ1) is 16.8. The van der Waals surface area contributed by atoms with Crippen molar-refractivity contribution in [2.24, 2.45) is 34.5 Å². The number of rotatable bonds is 0. The number of hydrogen-bond acceptors (Lipinski definition) is 3. The van der Waals surface area contributed by atoms with E-state index in [1.54, 1.807) is 0 Å². The quantitative estimate of drug-likeness (QED) is 0.560.